The Morgan fingerprint density at radius 1 is 1.50 bits per heavy atom. The van der Waals surface area contributed by atoms with Gasteiger partial charge in [0.1, 0.15) is 0 Å². The summed E-state index contributed by atoms with van der Waals surface area (Å²) in [5.41, 5.74) is 7.33. The molecule has 96 valence electrons. The molecule has 0 spiro atoms. The average Bonchev–Trinajstić information content (AvgIpc) is 2.72. The Morgan fingerprint density at radius 3 is 2.89 bits per heavy atom. The number of nitrogens with two attached hydrogens (primary N) is 1. The molecule has 1 atom stereocenters. The number of anilines is 1. The third-order valence-electron chi connectivity index (χ3n) is 2.56. The van der Waals surface area contributed by atoms with Crippen LogP contribution in [0.15, 0.2) is 35.5 Å². The second-order valence-corrected chi connectivity index (χ2v) is 5.89. The lowest BCUT2D eigenvalue weighted by Gasteiger charge is -2.07. The van der Waals surface area contributed by atoms with Gasteiger partial charge in [0, 0.05) is 24.7 Å². The lowest BCUT2D eigenvalue weighted by Crippen LogP contribution is -2.05. The normalized spacial score (nSPS) is 12.6. The maximum absolute atomic E-state index is 12.2. The van der Waals surface area contributed by atoms with Gasteiger partial charge in [0.05, 0.1) is 26.9 Å². The molecule has 0 amide bonds. The van der Waals surface area contributed by atoms with Crippen molar-refractivity contribution in [1.29, 1.82) is 0 Å². The van der Waals surface area contributed by atoms with Crippen LogP contribution in [0.4, 0.5) is 5.69 Å². The van der Waals surface area contributed by atoms with Crippen LogP contribution in [-0.2, 0) is 24.3 Å². The van der Waals surface area contributed by atoms with Crippen molar-refractivity contribution in [3.8, 4) is 0 Å². The zero-order valence-corrected chi connectivity index (χ0v) is 11.5. The minimum absolute atomic E-state index is 0.458. The van der Waals surface area contributed by atoms with Gasteiger partial charge in [-0.3, -0.25) is 8.89 Å². The lowest BCUT2D eigenvalue weighted by molar-refractivity contribution is 0.682. The molecule has 2 N–H and O–H groups in total. The molecule has 2 aromatic rings. The van der Waals surface area contributed by atoms with E-state index in [4.69, 9.17) is 17.3 Å². The highest BCUT2D eigenvalue weighted by Gasteiger charge is 2.12. The third-order valence-corrected chi connectivity index (χ3v) is 4.47. The number of aryl methyl sites for hydroxylation is 2. The van der Waals surface area contributed by atoms with Crippen LogP contribution in [0.3, 0.4) is 0 Å². The number of benzene rings is 1. The van der Waals surface area contributed by atoms with Gasteiger partial charge in [0.25, 0.3) is 0 Å². The summed E-state index contributed by atoms with van der Waals surface area (Å²) < 4.78 is 13.9. The van der Waals surface area contributed by atoms with Crippen molar-refractivity contribution >= 4 is 28.1 Å². The SMILES string of the molecule is Cn1cc(CCS(=O)c2c(N)cccc2Cl)cn1. The van der Waals surface area contributed by atoms with Crippen LogP contribution in [0.25, 0.3) is 0 Å². The maximum atomic E-state index is 12.2. The molecular weight excluding hydrogens is 270 g/mol. The number of hydrogen-bond donors (Lipinski definition) is 1. The van der Waals surface area contributed by atoms with Gasteiger partial charge in [-0.1, -0.05) is 17.7 Å². The van der Waals surface area contributed by atoms with E-state index in [0.29, 0.717) is 27.8 Å². The van der Waals surface area contributed by atoms with E-state index in [9.17, 15) is 4.21 Å². The van der Waals surface area contributed by atoms with Crippen LogP contribution in [0.5, 0.6) is 0 Å². The van der Waals surface area contributed by atoms with Crippen molar-refractivity contribution < 1.29 is 4.21 Å². The lowest BCUT2D eigenvalue weighted by atomic mass is 10.3. The van der Waals surface area contributed by atoms with Crippen LogP contribution in [0, 0.1) is 0 Å². The Morgan fingerprint density at radius 2 is 2.28 bits per heavy atom. The highest BCUT2D eigenvalue weighted by Crippen LogP contribution is 2.26. The summed E-state index contributed by atoms with van der Waals surface area (Å²) in [7, 11) is 0.662. The number of nitrogen functional groups attached to an aromatic ring is 1. The van der Waals surface area contributed by atoms with Gasteiger partial charge in [-0.2, -0.15) is 5.10 Å². The fourth-order valence-electron chi connectivity index (χ4n) is 1.68. The zero-order valence-electron chi connectivity index (χ0n) is 9.97. The monoisotopic (exact) mass is 283 g/mol. The van der Waals surface area contributed by atoms with Crippen LogP contribution in [0.1, 0.15) is 5.56 Å². The smallest absolute Gasteiger partial charge is 0.0803 e. The largest absolute Gasteiger partial charge is 0.398 e. The predicted octanol–water partition coefficient (Wildman–Crippen LogP) is 2.01. The first-order valence-electron chi connectivity index (χ1n) is 5.48. The summed E-state index contributed by atoms with van der Waals surface area (Å²) in [5, 5.41) is 4.53. The molecule has 0 fully saturated rings. The van der Waals surface area contributed by atoms with Crippen LogP contribution >= 0.6 is 11.6 Å². The molecule has 1 aromatic heterocycles. The average molecular weight is 284 g/mol. The molecule has 1 unspecified atom stereocenters. The van der Waals surface area contributed by atoms with Gasteiger partial charge >= 0.3 is 0 Å². The van der Waals surface area contributed by atoms with E-state index in [1.54, 1.807) is 29.1 Å². The zero-order chi connectivity index (χ0) is 13.1. The van der Waals surface area contributed by atoms with Crippen LogP contribution in [-0.4, -0.2) is 19.7 Å². The second-order valence-electron chi connectivity index (χ2n) is 3.98. The molecular formula is C12H14ClN3OS. The first kappa shape index (κ1) is 13.1. The van der Waals surface area contributed by atoms with Gasteiger partial charge in [-0.15, -0.1) is 0 Å². The Bertz CT molecular complexity index is 562. The molecule has 2 rings (SSSR count). The van der Waals surface area contributed by atoms with E-state index in [1.165, 1.54) is 0 Å². The molecule has 1 heterocycles. The van der Waals surface area contributed by atoms with E-state index in [-0.39, 0.29) is 0 Å². The van der Waals surface area contributed by atoms with Crippen molar-refractivity contribution in [2.75, 3.05) is 11.5 Å². The molecule has 18 heavy (non-hydrogen) atoms. The fourth-order valence-corrected chi connectivity index (χ4v) is 3.36. The van der Waals surface area contributed by atoms with Gasteiger partial charge in [0.2, 0.25) is 0 Å². The van der Waals surface area contributed by atoms with E-state index in [1.807, 2.05) is 13.2 Å². The molecule has 0 radical (unpaired) electrons. The number of aromatic nitrogens is 2. The minimum atomic E-state index is -1.19. The molecule has 0 aliphatic carbocycles. The maximum Gasteiger partial charge on any atom is 0.0803 e. The summed E-state index contributed by atoms with van der Waals surface area (Å²) >= 11 is 6.02. The van der Waals surface area contributed by atoms with Crippen LogP contribution < -0.4 is 5.73 Å². The highest BCUT2D eigenvalue weighted by molar-refractivity contribution is 7.85. The van der Waals surface area contributed by atoms with Gasteiger partial charge in [0.15, 0.2) is 0 Å². The van der Waals surface area contributed by atoms with Crippen molar-refractivity contribution in [1.82, 2.24) is 9.78 Å². The van der Waals surface area contributed by atoms with Crippen molar-refractivity contribution in [2.24, 2.45) is 7.05 Å². The molecule has 0 bridgehead atoms. The Hall–Kier alpha value is -1.33. The van der Waals surface area contributed by atoms with Crippen molar-refractivity contribution in [3.05, 3.63) is 41.2 Å². The predicted molar refractivity (Wildman–Crippen MR) is 74.1 cm³/mol. The number of nitrogens with zero attached hydrogens (tertiary/aromatic N) is 2. The van der Waals surface area contributed by atoms with Crippen LogP contribution in [0.2, 0.25) is 5.02 Å². The minimum Gasteiger partial charge on any atom is -0.398 e. The summed E-state index contributed by atoms with van der Waals surface area (Å²) in [6.07, 6.45) is 4.37. The Kier molecular flexibility index (Phi) is 4.04. The van der Waals surface area contributed by atoms with Gasteiger partial charge in [-0.25, -0.2) is 0 Å². The van der Waals surface area contributed by atoms with Crippen molar-refractivity contribution in [2.45, 2.75) is 11.3 Å². The summed E-state index contributed by atoms with van der Waals surface area (Å²) in [6, 6.07) is 5.16. The number of rotatable bonds is 4. The molecule has 4 nitrogen and oxygen atoms in total. The Labute approximate surface area is 113 Å². The molecule has 0 aliphatic heterocycles. The van der Waals surface area contributed by atoms with E-state index in [2.05, 4.69) is 5.10 Å². The first-order chi connectivity index (χ1) is 8.58. The van der Waals surface area contributed by atoms with E-state index < -0.39 is 10.8 Å². The van der Waals surface area contributed by atoms with Crippen molar-refractivity contribution in [3.63, 3.8) is 0 Å². The molecule has 0 saturated heterocycles. The van der Waals surface area contributed by atoms with Gasteiger partial charge < -0.3 is 5.73 Å². The van der Waals surface area contributed by atoms with Gasteiger partial charge in [-0.05, 0) is 24.1 Å². The quantitative estimate of drug-likeness (QED) is 0.873. The molecule has 6 heteroatoms. The number of halogens is 1. The Balaban J connectivity index is 2.08. The topological polar surface area (TPSA) is 60.9 Å². The number of hydrogen-bond acceptors (Lipinski definition) is 3. The summed E-state index contributed by atoms with van der Waals surface area (Å²) in [5.74, 6) is 0.486. The second kappa shape index (κ2) is 5.54. The molecule has 0 aliphatic rings. The van der Waals surface area contributed by atoms with E-state index >= 15 is 0 Å². The molecule has 1 aromatic carbocycles. The standard InChI is InChI=1S/C12H14ClN3OS/c1-16-8-9(7-15-16)5-6-18(17)12-10(13)3-2-4-11(12)14/h2-4,7-8H,5-6,14H2,1H3. The summed E-state index contributed by atoms with van der Waals surface area (Å²) in [6.45, 7) is 0. The highest BCUT2D eigenvalue weighted by atomic mass is 35.5. The van der Waals surface area contributed by atoms with E-state index in [0.717, 1.165) is 5.56 Å². The third kappa shape index (κ3) is 2.91. The first-order valence-corrected chi connectivity index (χ1v) is 7.17. The fraction of sp³-hybridized carbons (Fsp3) is 0.250. The molecule has 0 saturated carbocycles. The summed E-state index contributed by atoms with van der Waals surface area (Å²) in [4.78, 5) is 0.531.